The molecule has 0 unspecified atom stereocenters. The van der Waals surface area contributed by atoms with Crippen LogP contribution in [0.5, 0.6) is 0 Å². The summed E-state index contributed by atoms with van der Waals surface area (Å²) in [7, 11) is 0. The smallest absolute Gasteiger partial charge is 0.338 e. The van der Waals surface area contributed by atoms with Crippen LogP contribution in [0.15, 0.2) is 24.3 Å². The molecule has 1 aromatic carbocycles. The van der Waals surface area contributed by atoms with Gasteiger partial charge in [-0.2, -0.15) is 0 Å². The van der Waals surface area contributed by atoms with Crippen molar-refractivity contribution in [1.29, 1.82) is 0 Å². The van der Waals surface area contributed by atoms with E-state index < -0.39 is 23.6 Å². The number of ether oxygens (including phenoxy) is 1. The molecule has 3 amide bonds. The largest absolute Gasteiger partial charge is 0.449 e. The second-order valence-corrected chi connectivity index (χ2v) is 5.85. The number of esters is 1. The third-order valence-corrected chi connectivity index (χ3v) is 2.54. The number of primary amides is 1. The minimum atomic E-state index is -0.907. The van der Waals surface area contributed by atoms with Gasteiger partial charge in [-0.3, -0.25) is 4.79 Å². The minimum Gasteiger partial charge on any atom is -0.449 e. The molecule has 22 heavy (non-hydrogen) atoms. The van der Waals surface area contributed by atoms with Crippen LogP contribution in [0.4, 0.5) is 10.5 Å². The molecule has 0 radical (unpaired) electrons. The Balaban J connectivity index is 2.64. The summed E-state index contributed by atoms with van der Waals surface area (Å²) in [4.78, 5) is 34.5. The van der Waals surface area contributed by atoms with Crippen molar-refractivity contribution < 1.29 is 19.1 Å². The van der Waals surface area contributed by atoms with Gasteiger partial charge in [-0.1, -0.05) is 0 Å². The van der Waals surface area contributed by atoms with E-state index in [9.17, 15) is 14.4 Å². The van der Waals surface area contributed by atoms with Crippen molar-refractivity contribution in [1.82, 2.24) is 5.32 Å². The maximum atomic E-state index is 11.9. The molecule has 0 aliphatic carbocycles. The number of urea groups is 1. The summed E-state index contributed by atoms with van der Waals surface area (Å²) in [5.74, 6) is -0.991. The van der Waals surface area contributed by atoms with E-state index in [-0.39, 0.29) is 11.5 Å². The first-order valence-corrected chi connectivity index (χ1v) is 6.78. The van der Waals surface area contributed by atoms with Crippen LogP contribution in [0.1, 0.15) is 38.1 Å². The monoisotopic (exact) mass is 307 g/mol. The van der Waals surface area contributed by atoms with Crippen LogP contribution < -0.4 is 16.4 Å². The number of nitrogens with two attached hydrogens (primary N) is 1. The molecule has 7 heteroatoms. The molecular formula is C15H21N3O4. The zero-order valence-electron chi connectivity index (χ0n) is 13.1. The Kier molecular flexibility index (Phi) is 5.50. The van der Waals surface area contributed by atoms with Crippen molar-refractivity contribution in [3.05, 3.63) is 29.8 Å². The van der Waals surface area contributed by atoms with Gasteiger partial charge in [0.25, 0.3) is 5.91 Å². The standard InChI is InChI=1S/C15H21N3O4/c1-9(12(19)18-15(2,3)4)22-13(20)10-5-7-11(8-6-10)17-14(16)21/h5-9H,1-4H3,(H,18,19)(H3,16,17,21)/t9-/m0/s1. The van der Waals surface area contributed by atoms with Gasteiger partial charge in [-0.05, 0) is 52.0 Å². The second-order valence-electron chi connectivity index (χ2n) is 5.85. The van der Waals surface area contributed by atoms with E-state index in [1.54, 1.807) is 0 Å². The third-order valence-electron chi connectivity index (χ3n) is 2.54. The summed E-state index contributed by atoms with van der Waals surface area (Å²) < 4.78 is 5.10. The van der Waals surface area contributed by atoms with Crippen molar-refractivity contribution in [2.75, 3.05) is 5.32 Å². The third kappa shape index (κ3) is 5.82. The average Bonchev–Trinajstić information content (AvgIpc) is 2.36. The molecular weight excluding hydrogens is 286 g/mol. The number of hydrogen-bond donors (Lipinski definition) is 3. The Morgan fingerprint density at radius 1 is 1.14 bits per heavy atom. The molecule has 0 aliphatic rings. The molecule has 0 aromatic heterocycles. The summed E-state index contributed by atoms with van der Waals surface area (Å²) in [6.07, 6.45) is -0.907. The Bertz CT molecular complexity index is 561. The number of benzene rings is 1. The average molecular weight is 307 g/mol. The second kappa shape index (κ2) is 6.93. The first-order valence-electron chi connectivity index (χ1n) is 6.78. The molecule has 0 fully saturated rings. The Morgan fingerprint density at radius 3 is 2.14 bits per heavy atom. The van der Waals surface area contributed by atoms with Crippen molar-refractivity contribution in [3.63, 3.8) is 0 Å². The van der Waals surface area contributed by atoms with Gasteiger partial charge >= 0.3 is 12.0 Å². The summed E-state index contributed by atoms with van der Waals surface area (Å²) in [5.41, 5.74) is 5.31. The van der Waals surface area contributed by atoms with Crippen molar-refractivity contribution >= 4 is 23.6 Å². The Morgan fingerprint density at radius 2 is 1.68 bits per heavy atom. The fourth-order valence-electron chi connectivity index (χ4n) is 1.59. The molecule has 0 saturated heterocycles. The molecule has 1 aromatic rings. The first kappa shape index (κ1) is 17.5. The van der Waals surface area contributed by atoms with Gasteiger partial charge < -0.3 is 21.1 Å². The molecule has 7 nitrogen and oxygen atoms in total. The molecule has 1 atom stereocenters. The van der Waals surface area contributed by atoms with Gasteiger partial charge in [0.1, 0.15) is 0 Å². The van der Waals surface area contributed by atoms with E-state index in [2.05, 4.69) is 10.6 Å². The van der Waals surface area contributed by atoms with Gasteiger partial charge in [0.2, 0.25) is 0 Å². The van der Waals surface area contributed by atoms with E-state index >= 15 is 0 Å². The lowest BCUT2D eigenvalue weighted by atomic mass is 10.1. The highest BCUT2D eigenvalue weighted by Crippen LogP contribution is 2.11. The lowest BCUT2D eigenvalue weighted by molar-refractivity contribution is -0.130. The van der Waals surface area contributed by atoms with Gasteiger partial charge in [-0.15, -0.1) is 0 Å². The van der Waals surface area contributed by atoms with Crippen molar-refractivity contribution in [2.24, 2.45) is 5.73 Å². The van der Waals surface area contributed by atoms with Crippen LogP contribution in [0.3, 0.4) is 0 Å². The van der Waals surface area contributed by atoms with Gasteiger partial charge in [0.15, 0.2) is 6.10 Å². The number of anilines is 1. The molecule has 0 heterocycles. The lowest BCUT2D eigenvalue weighted by Gasteiger charge is -2.23. The minimum absolute atomic E-state index is 0.269. The van der Waals surface area contributed by atoms with Crippen LogP contribution in [-0.2, 0) is 9.53 Å². The predicted octanol–water partition coefficient (Wildman–Crippen LogP) is 1.64. The summed E-state index contributed by atoms with van der Waals surface area (Å²) >= 11 is 0. The molecule has 120 valence electrons. The fourth-order valence-corrected chi connectivity index (χ4v) is 1.59. The van der Waals surface area contributed by atoms with Gasteiger partial charge in [-0.25, -0.2) is 9.59 Å². The number of nitrogens with one attached hydrogen (secondary N) is 2. The fraction of sp³-hybridized carbons (Fsp3) is 0.400. The highest BCUT2D eigenvalue weighted by Gasteiger charge is 2.22. The van der Waals surface area contributed by atoms with E-state index in [1.807, 2.05) is 20.8 Å². The quantitative estimate of drug-likeness (QED) is 0.734. The highest BCUT2D eigenvalue weighted by molar-refractivity contribution is 5.93. The number of rotatable bonds is 4. The normalized spacial score (nSPS) is 12.2. The van der Waals surface area contributed by atoms with Crippen LogP contribution in [0, 0.1) is 0 Å². The zero-order chi connectivity index (χ0) is 16.9. The summed E-state index contributed by atoms with van der Waals surface area (Å²) in [6, 6.07) is 5.29. The van der Waals surface area contributed by atoms with Crippen LogP contribution in [0.25, 0.3) is 0 Å². The van der Waals surface area contributed by atoms with E-state index in [1.165, 1.54) is 31.2 Å². The lowest BCUT2D eigenvalue weighted by Crippen LogP contribution is -2.46. The zero-order valence-corrected chi connectivity index (χ0v) is 13.1. The van der Waals surface area contributed by atoms with Crippen LogP contribution >= 0.6 is 0 Å². The Hall–Kier alpha value is -2.57. The van der Waals surface area contributed by atoms with Gasteiger partial charge in [0, 0.05) is 11.2 Å². The SMILES string of the molecule is C[C@H](OC(=O)c1ccc(NC(N)=O)cc1)C(=O)NC(C)(C)C. The number of carbonyl (C=O) groups excluding carboxylic acids is 3. The maximum Gasteiger partial charge on any atom is 0.338 e. The Labute approximate surface area is 129 Å². The number of hydrogen-bond acceptors (Lipinski definition) is 4. The molecule has 1 rings (SSSR count). The van der Waals surface area contributed by atoms with E-state index in [0.29, 0.717) is 5.69 Å². The predicted molar refractivity (Wildman–Crippen MR) is 82.4 cm³/mol. The molecule has 0 bridgehead atoms. The van der Waals surface area contributed by atoms with E-state index in [0.717, 1.165) is 0 Å². The summed E-state index contributed by atoms with van der Waals surface area (Å²) in [5, 5.41) is 5.11. The topological polar surface area (TPSA) is 111 Å². The first-order chi connectivity index (χ1) is 10.1. The van der Waals surface area contributed by atoms with Crippen molar-refractivity contribution in [3.8, 4) is 0 Å². The van der Waals surface area contributed by atoms with Crippen molar-refractivity contribution in [2.45, 2.75) is 39.3 Å². The highest BCUT2D eigenvalue weighted by atomic mass is 16.5. The maximum absolute atomic E-state index is 11.9. The molecule has 0 saturated carbocycles. The van der Waals surface area contributed by atoms with Crippen LogP contribution in [-0.4, -0.2) is 29.6 Å². The van der Waals surface area contributed by atoms with Gasteiger partial charge in [0.05, 0.1) is 5.56 Å². The molecule has 0 spiro atoms. The van der Waals surface area contributed by atoms with E-state index in [4.69, 9.17) is 10.5 Å². The van der Waals surface area contributed by atoms with Crippen LogP contribution in [0.2, 0.25) is 0 Å². The number of amides is 3. The molecule has 0 aliphatic heterocycles. The molecule has 4 N–H and O–H groups in total. The number of carbonyl (C=O) groups is 3. The summed E-state index contributed by atoms with van der Waals surface area (Å²) in [6.45, 7) is 7.01.